The molecule has 1 aromatic carbocycles. The third kappa shape index (κ3) is 5.11. The van der Waals surface area contributed by atoms with Gasteiger partial charge in [-0.15, -0.1) is 0 Å². The fourth-order valence-electron chi connectivity index (χ4n) is 1.81. The van der Waals surface area contributed by atoms with E-state index < -0.39 is 12.6 Å². The first-order valence-electron chi connectivity index (χ1n) is 6.46. The third-order valence-electron chi connectivity index (χ3n) is 3.02. The zero-order valence-corrected chi connectivity index (χ0v) is 10.9. The topological polar surface area (TPSA) is 21.3 Å². The largest absolute Gasteiger partial charge is 0.493 e. The number of alkyl halides is 3. The minimum Gasteiger partial charge on any atom is -0.493 e. The summed E-state index contributed by atoms with van der Waals surface area (Å²) in [5.41, 5.74) is 2.00. The lowest BCUT2D eigenvalue weighted by molar-refractivity contribution is -0.139. The van der Waals surface area contributed by atoms with Crippen LogP contribution in [-0.2, 0) is 6.54 Å². The van der Waals surface area contributed by atoms with Crippen molar-refractivity contribution in [2.75, 3.05) is 6.61 Å². The van der Waals surface area contributed by atoms with E-state index in [0.717, 1.165) is 11.1 Å². The van der Waals surface area contributed by atoms with Gasteiger partial charge in [-0.25, -0.2) is 0 Å². The maximum atomic E-state index is 12.1. The van der Waals surface area contributed by atoms with Gasteiger partial charge in [0.15, 0.2) is 0 Å². The number of hydrogen-bond acceptors (Lipinski definition) is 2. The fraction of sp³-hybridized carbons (Fsp3) is 0.571. The van der Waals surface area contributed by atoms with E-state index in [-0.39, 0.29) is 6.61 Å². The summed E-state index contributed by atoms with van der Waals surface area (Å²) < 4.78 is 41.5. The molecule has 1 saturated carbocycles. The number of hydrogen-bond donors (Lipinski definition) is 1. The molecule has 1 fully saturated rings. The van der Waals surface area contributed by atoms with Gasteiger partial charge in [0.1, 0.15) is 5.75 Å². The summed E-state index contributed by atoms with van der Waals surface area (Å²) in [5.74, 6) is 0.544. The molecule has 106 valence electrons. The second-order valence-corrected chi connectivity index (χ2v) is 4.98. The van der Waals surface area contributed by atoms with Gasteiger partial charge in [-0.3, -0.25) is 0 Å². The Morgan fingerprint density at radius 1 is 1.32 bits per heavy atom. The van der Waals surface area contributed by atoms with E-state index in [1.165, 1.54) is 12.8 Å². The molecule has 0 aromatic heterocycles. The second-order valence-electron chi connectivity index (χ2n) is 4.98. The highest BCUT2D eigenvalue weighted by Gasteiger charge is 2.27. The highest BCUT2D eigenvalue weighted by Crippen LogP contribution is 2.25. The highest BCUT2D eigenvalue weighted by atomic mass is 19.4. The Labute approximate surface area is 111 Å². The van der Waals surface area contributed by atoms with Crippen molar-refractivity contribution in [3.63, 3.8) is 0 Å². The Kier molecular flexibility index (Phi) is 4.34. The summed E-state index contributed by atoms with van der Waals surface area (Å²) in [6.07, 6.45) is -2.74. The van der Waals surface area contributed by atoms with Crippen molar-refractivity contribution in [3.8, 4) is 5.75 Å². The molecule has 2 nitrogen and oxygen atoms in total. The van der Waals surface area contributed by atoms with E-state index in [0.29, 0.717) is 18.3 Å². The zero-order valence-electron chi connectivity index (χ0n) is 10.9. The molecular weight excluding hydrogens is 255 g/mol. The van der Waals surface area contributed by atoms with E-state index in [1.807, 2.05) is 19.1 Å². The van der Waals surface area contributed by atoms with Crippen molar-refractivity contribution < 1.29 is 17.9 Å². The predicted octanol–water partition coefficient (Wildman–Crippen LogP) is 3.58. The van der Waals surface area contributed by atoms with Gasteiger partial charge in [-0.2, -0.15) is 13.2 Å². The van der Waals surface area contributed by atoms with Crippen molar-refractivity contribution in [1.82, 2.24) is 5.32 Å². The lowest BCUT2D eigenvalue weighted by Gasteiger charge is -2.14. The van der Waals surface area contributed by atoms with Crippen LogP contribution in [0, 0.1) is 6.92 Å². The van der Waals surface area contributed by atoms with Gasteiger partial charge >= 0.3 is 6.18 Å². The van der Waals surface area contributed by atoms with Crippen LogP contribution in [0.4, 0.5) is 13.2 Å². The summed E-state index contributed by atoms with van der Waals surface area (Å²) in [6.45, 7) is 2.27. The normalized spacial score (nSPS) is 15.6. The summed E-state index contributed by atoms with van der Waals surface area (Å²) >= 11 is 0. The Morgan fingerprint density at radius 2 is 2.05 bits per heavy atom. The Balaban J connectivity index is 1.93. The van der Waals surface area contributed by atoms with Crippen LogP contribution in [0.2, 0.25) is 0 Å². The maximum absolute atomic E-state index is 12.1. The quantitative estimate of drug-likeness (QED) is 0.855. The van der Waals surface area contributed by atoms with Crippen LogP contribution in [0.1, 0.15) is 30.4 Å². The molecule has 1 aliphatic carbocycles. The molecular formula is C14H18F3NO. The van der Waals surface area contributed by atoms with Crippen LogP contribution in [0.15, 0.2) is 18.2 Å². The Hall–Kier alpha value is -1.23. The zero-order chi connectivity index (χ0) is 13.9. The van der Waals surface area contributed by atoms with E-state index in [9.17, 15) is 13.2 Å². The lowest BCUT2D eigenvalue weighted by atomic mass is 10.1. The summed E-state index contributed by atoms with van der Waals surface area (Å²) in [7, 11) is 0. The molecule has 0 saturated heterocycles. The molecule has 19 heavy (non-hydrogen) atoms. The van der Waals surface area contributed by atoms with Gasteiger partial charge in [0.2, 0.25) is 0 Å². The number of ether oxygens (including phenoxy) is 1. The van der Waals surface area contributed by atoms with Gasteiger partial charge in [0.25, 0.3) is 0 Å². The molecule has 0 aliphatic heterocycles. The number of benzene rings is 1. The van der Waals surface area contributed by atoms with Crippen molar-refractivity contribution in [3.05, 3.63) is 29.3 Å². The van der Waals surface area contributed by atoms with Crippen molar-refractivity contribution >= 4 is 0 Å². The van der Waals surface area contributed by atoms with Gasteiger partial charge < -0.3 is 10.1 Å². The SMILES string of the molecule is Cc1ccc(OCCC(F)(F)F)c(CNC2CC2)c1. The maximum Gasteiger partial charge on any atom is 0.392 e. The summed E-state index contributed by atoms with van der Waals surface area (Å²) in [4.78, 5) is 0. The Bertz CT molecular complexity index is 427. The second kappa shape index (κ2) is 5.82. The predicted molar refractivity (Wildman–Crippen MR) is 67.2 cm³/mol. The molecule has 5 heteroatoms. The van der Waals surface area contributed by atoms with Gasteiger partial charge in [-0.1, -0.05) is 17.7 Å². The summed E-state index contributed by atoms with van der Waals surface area (Å²) in [5, 5.41) is 3.34. The number of nitrogens with one attached hydrogen (secondary N) is 1. The standard InChI is InChI=1S/C14H18F3NO/c1-10-2-5-13(19-7-6-14(15,16)17)11(8-10)9-18-12-3-4-12/h2,5,8,12,18H,3-4,6-7,9H2,1H3. The molecule has 0 radical (unpaired) electrons. The smallest absolute Gasteiger partial charge is 0.392 e. The molecule has 0 amide bonds. The van der Waals surface area contributed by atoms with Gasteiger partial charge in [-0.05, 0) is 25.8 Å². The first kappa shape index (κ1) is 14.2. The summed E-state index contributed by atoms with van der Waals surface area (Å²) in [6, 6.07) is 6.11. The molecule has 2 rings (SSSR count). The number of aryl methyl sites for hydroxylation is 1. The average molecular weight is 273 g/mol. The lowest BCUT2D eigenvalue weighted by Crippen LogP contribution is -2.17. The van der Waals surface area contributed by atoms with Crippen LogP contribution in [0.3, 0.4) is 0 Å². The number of halogens is 3. The fourth-order valence-corrected chi connectivity index (χ4v) is 1.81. The minimum absolute atomic E-state index is 0.330. The third-order valence-corrected chi connectivity index (χ3v) is 3.02. The van der Waals surface area contributed by atoms with E-state index in [1.54, 1.807) is 6.07 Å². The molecule has 1 N–H and O–H groups in total. The van der Waals surface area contributed by atoms with Crippen molar-refractivity contribution in [2.24, 2.45) is 0 Å². The van der Waals surface area contributed by atoms with Crippen LogP contribution in [-0.4, -0.2) is 18.8 Å². The van der Waals surface area contributed by atoms with Crippen molar-refractivity contribution in [1.29, 1.82) is 0 Å². The van der Waals surface area contributed by atoms with Crippen LogP contribution in [0.25, 0.3) is 0 Å². The van der Waals surface area contributed by atoms with E-state index in [4.69, 9.17) is 4.74 Å². The molecule has 0 unspecified atom stereocenters. The first-order valence-corrected chi connectivity index (χ1v) is 6.46. The Morgan fingerprint density at radius 3 is 2.68 bits per heavy atom. The molecule has 0 atom stereocenters. The molecule has 1 aromatic rings. The molecule has 0 bridgehead atoms. The molecule has 1 aliphatic rings. The molecule has 0 spiro atoms. The first-order chi connectivity index (χ1) is 8.94. The van der Waals surface area contributed by atoms with E-state index >= 15 is 0 Å². The van der Waals surface area contributed by atoms with E-state index in [2.05, 4.69) is 5.32 Å². The van der Waals surface area contributed by atoms with Crippen LogP contribution < -0.4 is 10.1 Å². The van der Waals surface area contributed by atoms with Crippen LogP contribution in [0.5, 0.6) is 5.75 Å². The van der Waals surface area contributed by atoms with Crippen LogP contribution >= 0.6 is 0 Å². The van der Waals surface area contributed by atoms with Gasteiger partial charge in [0.05, 0.1) is 13.0 Å². The van der Waals surface area contributed by atoms with Crippen molar-refractivity contribution in [2.45, 2.75) is 44.9 Å². The average Bonchev–Trinajstić information content (AvgIpc) is 3.11. The monoisotopic (exact) mass is 273 g/mol. The number of rotatable bonds is 6. The van der Waals surface area contributed by atoms with Gasteiger partial charge in [0, 0.05) is 18.2 Å². The minimum atomic E-state index is -4.17. The highest BCUT2D eigenvalue weighted by molar-refractivity contribution is 5.37. The molecule has 0 heterocycles.